The van der Waals surface area contributed by atoms with Gasteiger partial charge in [-0.05, 0) is 29.8 Å². The minimum absolute atomic E-state index is 0.249. The summed E-state index contributed by atoms with van der Waals surface area (Å²) in [7, 11) is 0. The topological polar surface area (TPSA) is 61.5 Å². The second kappa shape index (κ2) is 5.71. The lowest BCUT2D eigenvalue weighted by atomic mass is 10.2. The largest absolute Gasteiger partial charge is 0.454 e. The first-order valence-electron chi connectivity index (χ1n) is 7.72. The van der Waals surface area contributed by atoms with E-state index in [9.17, 15) is 0 Å². The van der Waals surface area contributed by atoms with Gasteiger partial charge in [-0.25, -0.2) is 0 Å². The molecule has 0 spiro atoms. The van der Waals surface area contributed by atoms with Crippen LogP contribution in [0.3, 0.4) is 0 Å². The second-order valence-electron chi connectivity index (χ2n) is 5.47. The van der Waals surface area contributed by atoms with E-state index in [0.29, 0.717) is 11.6 Å². The summed E-state index contributed by atoms with van der Waals surface area (Å²) in [5, 5.41) is 14.0. The fraction of sp³-hybridized carbons (Fsp3) is 0.0556. The summed E-state index contributed by atoms with van der Waals surface area (Å²) < 4.78 is 12.5. The summed E-state index contributed by atoms with van der Waals surface area (Å²) in [6, 6.07) is 15.8. The molecule has 0 saturated heterocycles. The van der Waals surface area contributed by atoms with Gasteiger partial charge in [0.1, 0.15) is 5.01 Å². The predicted octanol–water partition coefficient (Wildman–Crippen LogP) is 3.75. The van der Waals surface area contributed by atoms with Crippen molar-refractivity contribution in [3.05, 3.63) is 59.1 Å². The van der Waals surface area contributed by atoms with E-state index < -0.39 is 0 Å². The zero-order valence-electron chi connectivity index (χ0n) is 13.0. The third-order valence-electron chi connectivity index (χ3n) is 3.86. The van der Waals surface area contributed by atoms with E-state index in [1.54, 1.807) is 4.52 Å². The van der Waals surface area contributed by atoms with E-state index in [-0.39, 0.29) is 6.79 Å². The Bertz CT molecular complexity index is 1090. The average Bonchev–Trinajstić information content (AvgIpc) is 3.35. The van der Waals surface area contributed by atoms with Crippen LogP contribution in [0.2, 0.25) is 0 Å². The molecule has 0 bridgehead atoms. The van der Waals surface area contributed by atoms with Crippen LogP contribution in [0, 0.1) is 0 Å². The van der Waals surface area contributed by atoms with Crippen LogP contribution in [0.4, 0.5) is 0 Å². The molecular weight excluding hydrogens is 336 g/mol. The Kier molecular flexibility index (Phi) is 3.24. The smallest absolute Gasteiger partial charge is 0.235 e. The van der Waals surface area contributed by atoms with Crippen LogP contribution < -0.4 is 9.47 Å². The molecule has 0 N–H and O–H groups in total. The van der Waals surface area contributed by atoms with Crippen LogP contribution in [-0.4, -0.2) is 26.6 Å². The molecule has 0 fully saturated rings. The third kappa shape index (κ3) is 2.54. The van der Waals surface area contributed by atoms with Crippen molar-refractivity contribution in [2.24, 2.45) is 0 Å². The third-order valence-corrected chi connectivity index (χ3v) is 4.72. The first-order valence-corrected chi connectivity index (χ1v) is 8.54. The molecule has 0 amide bonds. The molecule has 5 rings (SSSR count). The van der Waals surface area contributed by atoms with Crippen molar-refractivity contribution < 1.29 is 9.47 Å². The molecule has 1 aliphatic heterocycles. The summed E-state index contributed by atoms with van der Waals surface area (Å²) in [5.74, 6) is 2.15. The van der Waals surface area contributed by atoms with E-state index in [4.69, 9.17) is 9.47 Å². The molecule has 7 heteroatoms. The number of hydrogen-bond donors (Lipinski definition) is 0. The maximum atomic E-state index is 5.43. The predicted molar refractivity (Wildman–Crippen MR) is 95.6 cm³/mol. The highest BCUT2D eigenvalue weighted by Gasteiger charge is 2.18. The quantitative estimate of drug-likeness (QED) is 0.564. The standard InChI is InChI=1S/C18H12N4O2S/c1-2-4-12(5-3-1)6-9-16-21-22-17(19-20-18(22)25-16)13-7-8-14-15(10-13)24-11-23-14/h1-10H,11H2/b9-6+. The Labute approximate surface area is 147 Å². The minimum atomic E-state index is 0.249. The molecule has 122 valence electrons. The lowest BCUT2D eigenvalue weighted by molar-refractivity contribution is 0.174. The van der Waals surface area contributed by atoms with E-state index in [1.807, 2.05) is 48.6 Å². The Morgan fingerprint density at radius 1 is 0.960 bits per heavy atom. The van der Waals surface area contributed by atoms with Crippen molar-refractivity contribution in [1.29, 1.82) is 0 Å². The minimum Gasteiger partial charge on any atom is -0.454 e. The first-order chi connectivity index (χ1) is 12.4. The Morgan fingerprint density at radius 3 is 2.76 bits per heavy atom. The monoisotopic (exact) mass is 348 g/mol. The lowest BCUT2D eigenvalue weighted by Gasteiger charge is -1.99. The van der Waals surface area contributed by atoms with Gasteiger partial charge in [-0.15, -0.1) is 10.2 Å². The molecule has 0 radical (unpaired) electrons. The number of ether oxygens (including phenoxy) is 2. The van der Waals surface area contributed by atoms with E-state index in [1.165, 1.54) is 11.3 Å². The van der Waals surface area contributed by atoms with Crippen LogP contribution in [0.25, 0.3) is 28.5 Å². The van der Waals surface area contributed by atoms with Crippen LogP contribution in [0.1, 0.15) is 10.6 Å². The van der Waals surface area contributed by atoms with Gasteiger partial charge in [-0.1, -0.05) is 47.7 Å². The van der Waals surface area contributed by atoms with E-state index in [2.05, 4.69) is 27.4 Å². The number of nitrogens with zero attached hydrogens (tertiary/aromatic N) is 4. The number of fused-ring (bicyclic) bond motifs is 2. The lowest BCUT2D eigenvalue weighted by Crippen LogP contribution is -1.93. The highest BCUT2D eigenvalue weighted by Crippen LogP contribution is 2.35. The fourth-order valence-electron chi connectivity index (χ4n) is 2.65. The van der Waals surface area contributed by atoms with Crippen molar-refractivity contribution in [3.8, 4) is 22.9 Å². The molecule has 0 saturated carbocycles. The van der Waals surface area contributed by atoms with Gasteiger partial charge in [0.2, 0.25) is 11.8 Å². The van der Waals surface area contributed by atoms with Gasteiger partial charge in [-0.2, -0.15) is 9.61 Å². The summed E-state index contributed by atoms with van der Waals surface area (Å²) >= 11 is 1.49. The fourth-order valence-corrected chi connectivity index (χ4v) is 3.39. The van der Waals surface area contributed by atoms with Crippen molar-refractivity contribution in [1.82, 2.24) is 19.8 Å². The number of hydrogen-bond acceptors (Lipinski definition) is 6. The van der Waals surface area contributed by atoms with Gasteiger partial charge in [-0.3, -0.25) is 0 Å². The molecule has 0 aliphatic carbocycles. The van der Waals surface area contributed by atoms with Gasteiger partial charge < -0.3 is 9.47 Å². The summed E-state index contributed by atoms with van der Waals surface area (Å²) in [5.41, 5.74) is 2.02. The van der Waals surface area contributed by atoms with Crippen LogP contribution in [0.15, 0.2) is 48.5 Å². The highest BCUT2D eigenvalue weighted by molar-refractivity contribution is 7.17. The van der Waals surface area contributed by atoms with Crippen molar-refractivity contribution >= 4 is 28.4 Å². The molecule has 25 heavy (non-hydrogen) atoms. The van der Waals surface area contributed by atoms with E-state index >= 15 is 0 Å². The Hall–Kier alpha value is -3.19. The Morgan fingerprint density at radius 2 is 1.84 bits per heavy atom. The van der Waals surface area contributed by atoms with Crippen molar-refractivity contribution in [2.45, 2.75) is 0 Å². The van der Waals surface area contributed by atoms with Gasteiger partial charge in [0.25, 0.3) is 0 Å². The molecule has 4 aromatic rings. The van der Waals surface area contributed by atoms with Gasteiger partial charge in [0, 0.05) is 5.56 Å². The van der Waals surface area contributed by atoms with Crippen molar-refractivity contribution in [3.63, 3.8) is 0 Å². The van der Waals surface area contributed by atoms with Gasteiger partial charge in [0.15, 0.2) is 17.3 Å². The SMILES string of the molecule is C(=C\c1nn2c(-c3ccc4c(c3)OCO4)nnc2s1)/c1ccccc1. The number of benzene rings is 2. The summed E-state index contributed by atoms with van der Waals surface area (Å²) in [4.78, 5) is 0.750. The summed E-state index contributed by atoms with van der Waals surface area (Å²) in [6.45, 7) is 0.249. The molecule has 2 aromatic heterocycles. The maximum Gasteiger partial charge on any atom is 0.235 e. The zero-order chi connectivity index (χ0) is 16.6. The molecule has 6 nitrogen and oxygen atoms in total. The molecule has 0 atom stereocenters. The van der Waals surface area contributed by atoms with Crippen LogP contribution in [-0.2, 0) is 0 Å². The van der Waals surface area contributed by atoms with Crippen LogP contribution >= 0.6 is 11.3 Å². The molecular formula is C18H12N4O2S. The van der Waals surface area contributed by atoms with Crippen LogP contribution in [0.5, 0.6) is 11.5 Å². The molecule has 3 heterocycles. The van der Waals surface area contributed by atoms with Crippen molar-refractivity contribution in [2.75, 3.05) is 6.79 Å². The van der Waals surface area contributed by atoms with Gasteiger partial charge >= 0.3 is 0 Å². The second-order valence-corrected chi connectivity index (χ2v) is 6.46. The molecule has 2 aromatic carbocycles. The zero-order valence-corrected chi connectivity index (χ0v) is 13.8. The number of rotatable bonds is 3. The molecule has 1 aliphatic rings. The average molecular weight is 348 g/mol. The normalized spacial score (nSPS) is 13.1. The Balaban J connectivity index is 1.51. The molecule has 0 unspecified atom stereocenters. The summed E-state index contributed by atoms with van der Waals surface area (Å²) in [6.07, 6.45) is 4.02. The number of aromatic nitrogens is 4. The maximum absolute atomic E-state index is 5.43. The first kappa shape index (κ1) is 14.2. The highest BCUT2D eigenvalue weighted by atomic mass is 32.1. The van der Waals surface area contributed by atoms with E-state index in [0.717, 1.165) is 26.8 Å². The van der Waals surface area contributed by atoms with Gasteiger partial charge in [0.05, 0.1) is 0 Å².